The highest BCUT2D eigenvalue weighted by Crippen LogP contribution is 2.07. The van der Waals surface area contributed by atoms with Crippen molar-refractivity contribution in [2.24, 2.45) is 0 Å². The molecule has 1 aromatic heterocycles. The lowest BCUT2D eigenvalue weighted by Gasteiger charge is -2.04. The molecule has 0 fully saturated rings. The molecule has 1 rings (SSSR count). The van der Waals surface area contributed by atoms with E-state index in [0.29, 0.717) is 12.8 Å². The molecular formula is C14H16O7. The Labute approximate surface area is 120 Å². The molecule has 0 aliphatic carbocycles. The van der Waals surface area contributed by atoms with Crippen LogP contribution in [0, 0.1) is 0 Å². The molecule has 0 spiro atoms. The second kappa shape index (κ2) is 8.57. The number of hydrogen-bond acceptors (Lipinski definition) is 7. The number of rotatable bonds is 8. The summed E-state index contributed by atoms with van der Waals surface area (Å²) >= 11 is 0. The molecule has 7 heteroatoms. The van der Waals surface area contributed by atoms with Crippen molar-refractivity contribution in [3.63, 3.8) is 0 Å². The van der Waals surface area contributed by atoms with E-state index in [1.807, 2.05) is 0 Å². The predicted octanol–water partition coefficient (Wildman–Crippen LogP) is 1.64. The number of ether oxygens (including phenoxy) is 2. The summed E-state index contributed by atoms with van der Waals surface area (Å²) in [4.78, 5) is 33.5. The van der Waals surface area contributed by atoms with E-state index in [1.165, 1.54) is 0 Å². The third-order valence-electron chi connectivity index (χ3n) is 2.47. The Morgan fingerprint density at radius 2 is 1.95 bits per heavy atom. The van der Waals surface area contributed by atoms with Crippen LogP contribution in [0.3, 0.4) is 0 Å². The van der Waals surface area contributed by atoms with Gasteiger partial charge in [0.1, 0.15) is 18.6 Å². The van der Waals surface area contributed by atoms with E-state index >= 15 is 0 Å². The summed E-state index contributed by atoms with van der Waals surface area (Å²) in [5.74, 6) is -1.23. The first-order chi connectivity index (χ1) is 10.0. The minimum absolute atomic E-state index is 0.140. The lowest BCUT2D eigenvalue weighted by Crippen LogP contribution is -2.07. The summed E-state index contributed by atoms with van der Waals surface area (Å²) in [5.41, 5.74) is -0.604. The number of carbonyl (C=O) groups excluding carboxylic acids is 2. The average Bonchev–Trinajstić information content (AvgIpc) is 2.45. The van der Waals surface area contributed by atoms with E-state index in [-0.39, 0.29) is 25.2 Å². The summed E-state index contributed by atoms with van der Waals surface area (Å²) in [7, 11) is 0. The first-order valence-corrected chi connectivity index (χ1v) is 6.29. The molecule has 114 valence electrons. The summed E-state index contributed by atoms with van der Waals surface area (Å²) in [6.45, 7) is 3.07. The van der Waals surface area contributed by atoms with Crippen LogP contribution in [0.4, 0.5) is 0 Å². The largest absolute Gasteiger partial charge is 0.502 e. The van der Waals surface area contributed by atoms with Crippen LogP contribution in [0.15, 0.2) is 34.4 Å². The lowest BCUT2D eigenvalue weighted by atomic mass is 10.2. The molecule has 1 heterocycles. The van der Waals surface area contributed by atoms with Crippen molar-refractivity contribution in [2.45, 2.75) is 32.3 Å². The molecule has 0 saturated carbocycles. The maximum Gasteiger partial charge on any atom is 0.310 e. The zero-order valence-corrected chi connectivity index (χ0v) is 11.4. The second-order valence-electron chi connectivity index (χ2n) is 4.12. The molecule has 0 bridgehead atoms. The van der Waals surface area contributed by atoms with Crippen LogP contribution in [0.1, 0.15) is 31.4 Å². The number of esters is 2. The van der Waals surface area contributed by atoms with E-state index in [1.54, 1.807) is 0 Å². The molecule has 1 N–H and O–H groups in total. The zero-order chi connectivity index (χ0) is 15.7. The maximum absolute atomic E-state index is 11.4. The van der Waals surface area contributed by atoms with Gasteiger partial charge in [-0.1, -0.05) is 6.58 Å². The molecule has 0 radical (unpaired) electrons. The highest BCUT2D eigenvalue weighted by Gasteiger charge is 2.08. The summed E-state index contributed by atoms with van der Waals surface area (Å²) < 4.78 is 14.3. The van der Waals surface area contributed by atoms with Gasteiger partial charge in [-0.2, -0.15) is 0 Å². The molecule has 0 unspecified atom stereocenters. The van der Waals surface area contributed by atoms with Gasteiger partial charge in [-0.05, 0) is 12.8 Å². The maximum atomic E-state index is 11.4. The second-order valence-corrected chi connectivity index (χ2v) is 4.12. The van der Waals surface area contributed by atoms with E-state index < -0.39 is 23.1 Å². The molecule has 0 saturated heterocycles. The van der Waals surface area contributed by atoms with E-state index in [9.17, 15) is 14.4 Å². The van der Waals surface area contributed by atoms with Gasteiger partial charge in [0.2, 0.25) is 5.43 Å². The van der Waals surface area contributed by atoms with Gasteiger partial charge in [0.05, 0.1) is 6.26 Å². The summed E-state index contributed by atoms with van der Waals surface area (Å²) in [6, 6.07) is 1.05. The third kappa shape index (κ3) is 6.42. The summed E-state index contributed by atoms with van der Waals surface area (Å²) in [6.07, 6.45) is 3.26. The monoisotopic (exact) mass is 296 g/mol. The SMILES string of the molecule is C=COC(=O)CCCCC(=O)OCc1cc(=O)c(O)co1. The lowest BCUT2D eigenvalue weighted by molar-refractivity contribution is -0.146. The average molecular weight is 296 g/mol. The van der Waals surface area contributed by atoms with Gasteiger partial charge < -0.3 is 19.0 Å². The number of hydrogen-bond donors (Lipinski definition) is 1. The molecule has 1 aromatic rings. The minimum Gasteiger partial charge on any atom is -0.502 e. The fourth-order valence-electron chi connectivity index (χ4n) is 1.43. The van der Waals surface area contributed by atoms with E-state index in [0.717, 1.165) is 18.6 Å². The molecular weight excluding hydrogens is 280 g/mol. The van der Waals surface area contributed by atoms with Crippen molar-refractivity contribution in [2.75, 3.05) is 0 Å². The smallest absolute Gasteiger partial charge is 0.310 e. The zero-order valence-electron chi connectivity index (χ0n) is 11.4. The van der Waals surface area contributed by atoms with Crippen LogP contribution in [0.2, 0.25) is 0 Å². The predicted molar refractivity (Wildman–Crippen MR) is 71.2 cm³/mol. The highest BCUT2D eigenvalue weighted by molar-refractivity contribution is 5.70. The molecule has 0 aromatic carbocycles. The molecule has 0 aliphatic heterocycles. The topological polar surface area (TPSA) is 103 Å². The third-order valence-corrected chi connectivity index (χ3v) is 2.47. The van der Waals surface area contributed by atoms with Gasteiger partial charge in [-0.15, -0.1) is 0 Å². The van der Waals surface area contributed by atoms with Crippen LogP contribution < -0.4 is 5.43 Å². The van der Waals surface area contributed by atoms with Crippen molar-refractivity contribution in [1.29, 1.82) is 0 Å². The Morgan fingerprint density at radius 3 is 2.57 bits per heavy atom. The van der Waals surface area contributed by atoms with Crippen LogP contribution in [-0.4, -0.2) is 17.0 Å². The number of unbranched alkanes of at least 4 members (excludes halogenated alkanes) is 1. The standard InChI is InChI=1S/C14H16O7/c1-2-19-13(17)5-3-4-6-14(18)21-8-10-7-11(15)12(16)9-20-10/h2,7,9,16H,1,3-6,8H2. The van der Waals surface area contributed by atoms with E-state index in [4.69, 9.17) is 14.3 Å². The highest BCUT2D eigenvalue weighted by atomic mass is 16.5. The van der Waals surface area contributed by atoms with Gasteiger partial charge in [-0.3, -0.25) is 14.4 Å². The number of aromatic hydroxyl groups is 1. The van der Waals surface area contributed by atoms with E-state index in [2.05, 4.69) is 11.3 Å². The molecule has 0 atom stereocenters. The van der Waals surface area contributed by atoms with Crippen LogP contribution in [0.5, 0.6) is 5.75 Å². The fourth-order valence-corrected chi connectivity index (χ4v) is 1.43. The van der Waals surface area contributed by atoms with Crippen molar-refractivity contribution in [3.05, 3.63) is 41.2 Å². The van der Waals surface area contributed by atoms with Crippen molar-refractivity contribution in [3.8, 4) is 5.75 Å². The van der Waals surface area contributed by atoms with Gasteiger partial charge in [0.25, 0.3) is 0 Å². The van der Waals surface area contributed by atoms with Gasteiger partial charge in [0.15, 0.2) is 5.75 Å². The van der Waals surface area contributed by atoms with Crippen LogP contribution >= 0.6 is 0 Å². The first-order valence-electron chi connectivity index (χ1n) is 6.29. The van der Waals surface area contributed by atoms with Gasteiger partial charge in [0, 0.05) is 18.9 Å². The van der Waals surface area contributed by atoms with Crippen molar-refractivity contribution >= 4 is 11.9 Å². The van der Waals surface area contributed by atoms with Crippen molar-refractivity contribution < 1.29 is 28.6 Å². The minimum atomic E-state index is -0.604. The van der Waals surface area contributed by atoms with Gasteiger partial charge >= 0.3 is 11.9 Å². The van der Waals surface area contributed by atoms with Crippen LogP contribution in [0.25, 0.3) is 0 Å². The normalized spacial score (nSPS) is 9.90. The fraction of sp³-hybridized carbons (Fsp3) is 0.357. The quantitative estimate of drug-likeness (QED) is 0.442. The molecule has 0 aliphatic rings. The first kappa shape index (κ1) is 16.5. The Kier molecular flexibility index (Phi) is 6.73. The van der Waals surface area contributed by atoms with Crippen LogP contribution in [-0.2, 0) is 25.7 Å². The summed E-state index contributed by atoms with van der Waals surface area (Å²) in [5, 5.41) is 8.99. The molecule has 0 amide bonds. The Hall–Kier alpha value is -2.57. The number of carbonyl (C=O) groups is 2. The van der Waals surface area contributed by atoms with Gasteiger partial charge in [-0.25, -0.2) is 0 Å². The molecule has 7 nitrogen and oxygen atoms in total. The van der Waals surface area contributed by atoms with Crippen molar-refractivity contribution in [1.82, 2.24) is 0 Å². The Balaban J connectivity index is 2.22. The Morgan fingerprint density at radius 1 is 1.29 bits per heavy atom. The molecule has 21 heavy (non-hydrogen) atoms. The Bertz CT molecular complexity index is 559.